The summed E-state index contributed by atoms with van der Waals surface area (Å²) in [5.41, 5.74) is 0. The normalized spacial score (nSPS) is 24.5. The number of nitrogens with zero attached hydrogens (tertiary/aromatic N) is 3. The van der Waals surface area contributed by atoms with E-state index < -0.39 is 30.2 Å². The maximum absolute atomic E-state index is 12.4. The van der Waals surface area contributed by atoms with Gasteiger partial charge in [-0.05, 0) is 18.6 Å². The maximum atomic E-state index is 12.4. The second kappa shape index (κ2) is 8.26. The number of carbonyl (C=O) groups is 2. The summed E-state index contributed by atoms with van der Waals surface area (Å²) in [6, 6.07) is 8.09. The van der Waals surface area contributed by atoms with Crippen LogP contribution in [-0.2, 0) is 4.79 Å². The number of hydrogen-bond acceptors (Lipinski definition) is 5. The van der Waals surface area contributed by atoms with Gasteiger partial charge >= 0.3 is 6.03 Å². The third-order valence-corrected chi connectivity index (χ3v) is 4.50. The Labute approximate surface area is 158 Å². The van der Waals surface area contributed by atoms with Crippen LogP contribution in [0.3, 0.4) is 0 Å². The number of ether oxygens (including phenoxy) is 1. The van der Waals surface area contributed by atoms with Gasteiger partial charge in [0.15, 0.2) is 12.0 Å². The number of aliphatic hydroxyl groups is 1. The van der Waals surface area contributed by atoms with E-state index in [0.29, 0.717) is 18.3 Å². The number of guanidine groups is 1. The van der Waals surface area contributed by atoms with Crippen molar-refractivity contribution in [3.8, 4) is 5.75 Å². The molecule has 0 aliphatic carbocycles. The standard InChI is InChI=1S/C18H25N5O4/c1-3-9-19-17-20-15-14(16(25)21-18(26)22(15)2)23(17)10-12(24)11-27-13-7-5-4-6-8-13/h4-8,12,14-15,24H,3,9-11H2,1-2H3,(H,19,20)(H,21,25,26). The minimum Gasteiger partial charge on any atom is -0.491 e. The van der Waals surface area contributed by atoms with E-state index in [1.807, 2.05) is 37.3 Å². The molecule has 2 saturated heterocycles. The summed E-state index contributed by atoms with van der Waals surface area (Å²) in [4.78, 5) is 31.9. The van der Waals surface area contributed by atoms with Crippen LogP contribution in [0.4, 0.5) is 4.79 Å². The molecule has 2 heterocycles. The second-order valence-corrected chi connectivity index (χ2v) is 6.57. The van der Waals surface area contributed by atoms with Gasteiger partial charge in [0.2, 0.25) is 0 Å². The molecule has 9 heteroatoms. The van der Waals surface area contributed by atoms with Crippen LogP contribution in [0.15, 0.2) is 35.3 Å². The van der Waals surface area contributed by atoms with Crippen LogP contribution in [0, 0.1) is 0 Å². The zero-order valence-electron chi connectivity index (χ0n) is 15.5. The van der Waals surface area contributed by atoms with E-state index >= 15 is 0 Å². The van der Waals surface area contributed by atoms with E-state index in [4.69, 9.17) is 4.74 Å². The number of aliphatic hydroxyl groups excluding tert-OH is 1. The predicted octanol–water partition coefficient (Wildman–Crippen LogP) is -0.0262. The number of benzene rings is 1. The van der Waals surface area contributed by atoms with Gasteiger partial charge in [-0.25, -0.2) is 4.79 Å². The Balaban J connectivity index is 1.71. The zero-order chi connectivity index (χ0) is 19.4. The molecular formula is C18H25N5O4. The molecular weight excluding hydrogens is 350 g/mol. The van der Waals surface area contributed by atoms with E-state index in [1.165, 1.54) is 4.90 Å². The van der Waals surface area contributed by atoms with E-state index in [1.54, 1.807) is 11.9 Å². The lowest BCUT2D eigenvalue weighted by molar-refractivity contribution is -0.127. The van der Waals surface area contributed by atoms with Crippen molar-refractivity contribution < 1.29 is 19.4 Å². The van der Waals surface area contributed by atoms with Crippen LogP contribution in [-0.4, -0.2) is 77.9 Å². The average molecular weight is 375 g/mol. The fourth-order valence-electron chi connectivity index (χ4n) is 3.13. The topological polar surface area (TPSA) is 106 Å². The van der Waals surface area contributed by atoms with Crippen LogP contribution >= 0.6 is 0 Å². The average Bonchev–Trinajstić information content (AvgIpc) is 3.02. The van der Waals surface area contributed by atoms with Crippen molar-refractivity contribution in [2.45, 2.75) is 31.7 Å². The van der Waals surface area contributed by atoms with Crippen LogP contribution in [0.2, 0.25) is 0 Å². The first-order chi connectivity index (χ1) is 13.0. The Morgan fingerprint density at radius 3 is 2.74 bits per heavy atom. The fourth-order valence-corrected chi connectivity index (χ4v) is 3.13. The molecule has 2 fully saturated rings. The summed E-state index contributed by atoms with van der Waals surface area (Å²) < 4.78 is 5.59. The van der Waals surface area contributed by atoms with E-state index in [-0.39, 0.29) is 13.2 Å². The molecule has 27 heavy (non-hydrogen) atoms. The first kappa shape index (κ1) is 19.0. The highest BCUT2D eigenvalue weighted by Gasteiger charge is 2.50. The van der Waals surface area contributed by atoms with Gasteiger partial charge in [-0.2, -0.15) is 0 Å². The molecule has 1 aromatic rings. The molecule has 1 aromatic carbocycles. The van der Waals surface area contributed by atoms with Gasteiger partial charge in [0.05, 0.1) is 6.54 Å². The summed E-state index contributed by atoms with van der Waals surface area (Å²) in [7, 11) is 1.61. The first-order valence-electron chi connectivity index (χ1n) is 9.02. The third kappa shape index (κ3) is 4.13. The smallest absolute Gasteiger partial charge is 0.325 e. The maximum Gasteiger partial charge on any atom is 0.325 e. The SMILES string of the molecule is CCCN=C1NC2C(C(=O)NC(=O)N2C)N1CC(O)COc1ccccc1. The minimum atomic E-state index is -0.840. The molecule has 3 rings (SSSR count). The third-order valence-electron chi connectivity index (χ3n) is 4.50. The first-order valence-corrected chi connectivity index (χ1v) is 9.02. The number of likely N-dealkylation sites (N-methyl/N-ethyl adjacent to an activating group) is 1. The number of imide groups is 1. The highest BCUT2D eigenvalue weighted by Crippen LogP contribution is 2.21. The minimum absolute atomic E-state index is 0.0787. The zero-order valence-corrected chi connectivity index (χ0v) is 15.5. The Morgan fingerprint density at radius 2 is 2.04 bits per heavy atom. The number of amides is 3. The summed E-state index contributed by atoms with van der Waals surface area (Å²) in [5.74, 6) is 0.755. The van der Waals surface area contributed by atoms with Crippen LogP contribution in [0.5, 0.6) is 5.75 Å². The lowest BCUT2D eigenvalue weighted by Crippen LogP contribution is -2.65. The highest BCUT2D eigenvalue weighted by atomic mass is 16.5. The molecule has 3 amide bonds. The molecule has 0 aromatic heterocycles. The second-order valence-electron chi connectivity index (χ2n) is 6.57. The molecule has 146 valence electrons. The lowest BCUT2D eigenvalue weighted by atomic mass is 10.1. The number of hydrogen-bond donors (Lipinski definition) is 3. The number of urea groups is 1. The summed E-state index contributed by atoms with van der Waals surface area (Å²) in [6.07, 6.45) is -0.521. The van der Waals surface area contributed by atoms with Gasteiger partial charge in [0.1, 0.15) is 24.6 Å². The Bertz CT molecular complexity index is 711. The molecule has 3 unspecified atom stereocenters. The van der Waals surface area contributed by atoms with Crippen molar-refractivity contribution in [3.05, 3.63) is 30.3 Å². The monoisotopic (exact) mass is 375 g/mol. The Kier molecular flexibility index (Phi) is 5.80. The highest BCUT2D eigenvalue weighted by molar-refractivity contribution is 6.04. The Hall–Kier alpha value is -2.81. The quantitative estimate of drug-likeness (QED) is 0.618. The van der Waals surface area contributed by atoms with Gasteiger partial charge in [-0.1, -0.05) is 25.1 Å². The molecule has 0 saturated carbocycles. The number of carbonyl (C=O) groups excluding carboxylic acids is 2. The molecule has 9 nitrogen and oxygen atoms in total. The van der Waals surface area contributed by atoms with Crippen LogP contribution in [0.1, 0.15) is 13.3 Å². The molecule has 0 radical (unpaired) electrons. The number of fused-ring (bicyclic) bond motifs is 1. The number of rotatable bonds is 7. The number of β-amino-alcohol motifs (C(OH)–C–C–N with tert-alkyl or cyclic N) is 1. The van der Waals surface area contributed by atoms with E-state index in [9.17, 15) is 14.7 Å². The lowest BCUT2D eigenvalue weighted by Gasteiger charge is -2.35. The van der Waals surface area contributed by atoms with Crippen LogP contribution < -0.4 is 15.4 Å². The van der Waals surface area contributed by atoms with Crippen molar-refractivity contribution in [2.24, 2.45) is 4.99 Å². The van der Waals surface area contributed by atoms with Gasteiger partial charge in [-0.15, -0.1) is 0 Å². The molecule has 0 spiro atoms. The largest absolute Gasteiger partial charge is 0.491 e. The van der Waals surface area contributed by atoms with Gasteiger partial charge < -0.3 is 25.0 Å². The van der Waals surface area contributed by atoms with Crippen molar-refractivity contribution in [3.63, 3.8) is 0 Å². The fraction of sp³-hybridized carbons (Fsp3) is 0.500. The van der Waals surface area contributed by atoms with Gasteiger partial charge in [0.25, 0.3) is 5.91 Å². The molecule has 0 bridgehead atoms. The molecule has 2 aliphatic heterocycles. The summed E-state index contributed by atoms with van der Waals surface area (Å²) in [6.45, 7) is 2.81. The summed E-state index contributed by atoms with van der Waals surface area (Å²) >= 11 is 0. The predicted molar refractivity (Wildman–Crippen MR) is 99.3 cm³/mol. The molecule has 2 aliphatic rings. The van der Waals surface area contributed by atoms with Crippen molar-refractivity contribution in [1.82, 2.24) is 20.4 Å². The Morgan fingerprint density at radius 1 is 1.30 bits per heavy atom. The van der Waals surface area contributed by atoms with Crippen molar-refractivity contribution in [2.75, 3.05) is 26.7 Å². The van der Waals surface area contributed by atoms with Crippen molar-refractivity contribution in [1.29, 1.82) is 0 Å². The van der Waals surface area contributed by atoms with E-state index in [2.05, 4.69) is 15.6 Å². The van der Waals surface area contributed by atoms with Crippen LogP contribution in [0.25, 0.3) is 0 Å². The number of nitrogens with one attached hydrogen (secondary N) is 2. The van der Waals surface area contributed by atoms with E-state index in [0.717, 1.165) is 6.42 Å². The molecule has 3 N–H and O–H groups in total. The summed E-state index contributed by atoms with van der Waals surface area (Å²) in [5, 5.41) is 15.9. The number of para-hydroxylation sites is 1. The van der Waals surface area contributed by atoms with Gasteiger partial charge in [0, 0.05) is 13.6 Å². The molecule has 3 atom stereocenters. The number of aliphatic imine (C=N–C) groups is 1. The van der Waals surface area contributed by atoms with Crippen molar-refractivity contribution >= 4 is 17.9 Å². The van der Waals surface area contributed by atoms with Gasteiger partial charge in [-0.3, -0.25) is 15.1 Å².